The molecule has 20 heavy (non-hydrogen) atoms. The third-order valence-electron chi connectivity index (χ3n) is 4.26. The van der Waals surface area contributed by atoms with Crippen LogP contribution in [0.15, 0.2) is 30.3 Å². The molecule has 2 rings (SSSR count). The normalized spacial score (nSPS) is 23.4. The van der Waals surface area contributed by atoms with Crippen molar-refractivity contribution in [3.63, 3.8) is 0 Å². The van der Waals surface area contributed by atoms with Crippen LogP contribution in [0.4, 0.5) is 4.79 Å². The van der Waals surface area contributed by atoms with E-state index in [9.17, 15) is 9.90 Å². The van der Waals surface area contributed by atoms with Crippen molar-refractivity contribution in [3.8, 4) is 0 Å². The van der Waals surface area contributed by atoms with E-state index >= 15 is 0 Å². The average Bonchev–Trinajstić information content (AvgIpc) is 2.38. The molecule has 0 radical (unpaired) electrons. The lowest BCUT2D eigenvalue weighted by atomic mass is 9.80. The Kier molecular flexibility index (Phi) is 4.36. The van der Waals surface area contributed by atoms with Crippen molar-refractivity contribution in [1.82, 2.24) is 4.90 Å². The Hall–Kier alpha value is -1.51. The molecule has 0 heterocycles. The number of carbonyl (C=O) groups is 1. The highest BCUT2D eigenvalue weighted by molar-refractivity contribution is 5.66. The van der Waals surface area contributed by atoms with Crippen molar-refractivity contribution in [1.29, 1.82) is 0 Å². The molecular formula is C17H25NO2. The van der Waals surface area contributed by atoms with Crippen LogP contribution in [0.3, 0.4) is 0 Å². The van der Waals surface area contributed by atoms with Crippen molar-refractivity contribution in [3.05, 3.63) is 35.9 Å². The van der Waals surface area contributed by atoms with E-state index in [0.717, 1.165) is 25.7 Å². The molecule has 1 amide bonds. The zero-order chi connectivity index (χ0) is 14.8. The number of carboxylic acid groups (broad SMARTS) is 1. The van der Waals surface area contributed by atoms with E-state index in [2.05, 4.69) is 24.3 Å². The van der Waals surface area contributed by atoms with Crippen LogP contribution in [0.5, 0.6) is 0 Å². The maximum atomic E-state index is 11.5. The van der Waals surface area contributed by atoms with Gasteiger partial charge in [0.1, 0.15) is 0 Å². The van der Waals surface area contributed by atoms with Crippen molar-refractivity contribution in [2.24, 2.45) is 0 Å². The number of hydrogen-bond acceptors (Lipinski definition) is 1. The second kappa shape index (κ2) is 5.86. The minimum Gasteiger partial charge on any atom is -0.465 e. The molecule has 1 saturated carbocycles. The molecule has 0 aliphatic heterocycles. The van der Waals surface area contributed by atoms with Gasteiger partial charge in [0, 0.05) is 11.6 Å². The quantitative estimate of drug-likeness (QED) is 0.863. The molecule has 1 aromatic carbocycles. The van der Waals surface area contributed by atoms with E-state index < -0.39 is 6.09 Å². The summed E-state index contributed by atoms with van der Waals surface area (Å²) in [5, 5.41) is 9.47. The zero-order valence-corrected chi connectivity index (χ0v) is 12.7. The van der Waals surface area contributed by atoms with Gasteiger partial charge in [0.05, 0.1) is 0 Å². The molecule has 1 N–H and O–H groups in total. The van der Waals surface area contributed by atoms with Crippen LogP contribution in [-0.2, 0) is 0 Å². The minimum atomic E-state index is -0.791. The molecule has 3 nitrogen and oxygen atoms in total. The highest BCUT2D eigenvalue weighted by Crippen LogP contribution is 2.36. The highest BCUT2D eigenvalue weighted by Gasteiger charge is 2.35. The summed E-state index contributed by atoms with van der Waals surface area (Å²) in [7, 11) is 0. The van der Waals surface area contributed by atoms with Crippen LogP contribution in [-0.4, -0.2) is 27.7 Å². The maximum absolute atomic E-state index is 11.5. The van der Waals surface area contributed by atoms with Crippen molar-refractivity contribution >= 4 is 6.09 Å². The van der Waals surface area contributed by atoms with E-state index in [-0.39, 0.29) is 11.6 Å². The number of nitrogens with zero attached hydrogens (tertiary/aromatic N) is 1. The second-order valence-electron chi connectivity index (χ2n) is 6.74. The smallest absolute Gasteiger partial charge is 0.407 e. The van der Waals surface area contributed by atoms with Gasteiger partial charge >= 0.3 is 6.09 Å². The average molecular weight is 275 g/mol. The monoisotopic (exact) mass is 275 g/mol. The van der Waals surface area contributed by atoms with Crippen molar-refractivity contribution in [2.45, 2.75) is 64.0 Å². The van der Waals surface area contributed by atoms with Gasteiger partial charge in [-0.2, -0.15) is 0 Å². The largest absolute Gasteiger partial charge is 0.465 e. The van der Waals surface area contributed by atoms with Crippen LogP contribution >= 0.6 is 0 Å². The van der Waals surface area contributed by atoms with Gasteiger partial charge in [0.25, 0.3) is 0 Å². The van der Waals surface area contributed by atoms with Gasteiger partial charge in [-0.15, -0.1) is 0 Å². The predicted molar refractivity (Wildman–Crippen MR) is 81.1 cm³/mol. The van der Waals surface area contributed by atoms with Crippen LogP contribution in [0.1, 0.15) is 57.9 Å². The van der Waals surface area contributed by atoms with Crippen LogP contribution in [0.25, 0.3) is 0 Å². The zero-order valence-electron chi connectivity index (χ0n) is 12.7. The first-order valence-corrected chi connectivity index (χ1v) is 7.47. The van der Waals surface area contributed by atoms with Gasteiger partial charge in [0.15, 0.2) is 0 Å². The maximum Gasteiger partial charge on any atom is 0.407 e. The molecule has 1 aromatic rings. The highest BCUT2D eigenvalue weighted by atomic mass is 16.4. The van der Waals surface area contributed by atoms with Gasteiger partial charge in [-0.3, -0.25) is 0 Å². The van der Waals surface area contributed by atoms with Crippen LogP contribution < -0.4 is 0 Å². The topological polar surface area (TPSA) is 40.5 Å². The van der Waals surface area contributed by atoms with E-state index in [1.165, 1.54) is 5.56 Å². The molecule has 1 aliphatic rings. The summed E-state index contributed by atoms with van der Waals surface area (Å²) in [6.45, 7) is 5.93. The lowest BCUT2D eigenvalue weighted by Gasteiger charge is -2.42. The minimum absolute atomic E-state index is 0.160. The van der Waals surface area contributed by atoms with Crippen molar-refractivity contribution < 1.29 is 9.90 Å². The van der Waals surface area contributed by atoms with E-state index in [1.807, 2.05) is 26.8 Å². The fourth-order valence-electron chi connectivity index (χ4n) is 3.38. The Bertz CT molecular complexity index is 442. The summed E-state index contributed by atoms with van der Waals surface area (Å²) in [6, 6.07) is 10.7. The molecule has 0 atom stereocenters. The predicted octanol–water partition coefficient (Wildman–Crippen LogP) is 4.49. The molecule has 0 spiro atoms. The Balaban J connectivity index is 2.02. The summed E-state index contributed by atoms with van der Waals surface area (Å²) in [5.74, 6) is 0.586. The molecular weight excluding hydrogens is 250 g/mol. The lowest BCUT2D eigenvalue weighted by molar-refractivity contribution is 0.0546. The first-order chi connectivity index (χ1) is 9.39. The van der Waals surface area contributed by atoms with E-state index in [0.29, 0.717) is 5.92 Å². The number of amides is 1. The fourth-order valence-corrected chi connectivity index (χ4v) is 3.38. The molecule has 0 saturated heterocycles. The van der Waals surface area contributed by atoms with Crippen LogP contribution in [0.2, 0.25) is 0 Å². The van der Waals surface area contributed by atoms with Gasteiger partial charge in [-0.05, 0) is 57.9 Å². The number of rotatable bonds is 2. The standard InChI is InChI=1S/C17H25NO2/c1-17(2,3)18(16(19)20)15-11-9-14(10-12-15)13-7-5-4-6-8-13/h4-8,14-15H,9-12H2,1-3H3,(H,19,20)/t14-,15-. The fraction of sp³-hybridized carbons (Fsp3) is 0.588. The van der Waals surface area contributed by atoms with Gasteiger partial charge in [-0.1, -0.05) is 30.3 Å². The van der Waals surface area contributed by atoms with Gasteiger partial charge < -0.3 is 10.0 Å². The van der Waals surface area contributed by atoms with E-state index in [4.69, 9.17) is 0 Å². The Morgan fingerprint density at radius 3 is 2.10 bits per heavy atom. The molecule has 0 bridgehead atoms. The molecule has 0 aromatic heterocycles. The number of benzene rings is 1. The molecule has 0 unspecified atom stereocenters. The van der Waals surface area contributed by atoms with Crippen LogP contribution in [0, 0.1) is 0 Å². The van der Waals surface area contributed by atoms with E-state index in [1.54, 1.807) is 4.90 Å². The Morgan fingerprint density at radius 2 is 1.65 bits per heavy atom. The van der Waals surface area contributed by atoms with Crippen molar-refractivity contribution in [2.75, 3.05) is 0 Å². The summed E-state index contributed by atoms with van der Waals surface area (Å²) < 4.78 is 0. The lowest BCUT2D eigenvalue weighted by Crippen LogP contribution is -2.52. The molecule has 110 valence electrons. The molecule has 3 heteroatoms. The summed E-state index contributed by atoms with van der Waals surface area (Å²) in [4.78, 5) is 13.2. The SMILES string of the molecule is CC(C)(C)N(C(=O)O)[C@H]1CC[C@H](c2ccccc2)CC1. The Labute approximate surface area is 121 Å². The van der Waals surface area contributed by atoms with Gasteiger partial charge in [0.2, 0.25) is 0 Å². The summed E-state index contributed by atoms with van der Waals surface area (Å²) >= 11 is 0. The molecule has 1 aliphatic carbocycles. The third kappa shape index (κ3) is 3.33. The number of hydrogen-bond donors (Lipinski definition) is 1. The first-order valence-electron chi connectivity index (χ1n) is 7.47. The molecule has 1 fully saturated rings. The summed E-state index contributed by atoms with van der Waals surface area (Å²) in [6.07, 6.45) is 3.29. The third-order valence-corrected chi connectivity index (χ3v) is 4.26. The Morgan fingerprint density at radius 1 is 1.10 bits per heavy atom. The first kappa shape index (κ1) is 14.9. The van der Waals surface area contributed by atoms with Gasteiger partial charge in [-0.25, -0.2) is 4.79 Å². The second-order valence-corrected chi connectivity index (χ2v) is 6.74. The summed E-state index contributed by atoms with van der Waals surface area (Å²) in [5.41, 5.74) is 1.07.